The predicted octanol–water partition coefficient (Wildman–Crippen LogP) is 3.75. The van der Waals surface area contributed by atoms with Gasteiger partial charge in [0.15, 0.2) is 0 Å². The Morgan fingerprint density at radius 3 is 2.53 bits per heavy atom. The third-order valence-electron chi connectivity index (χ3n) is 2.27. The van der Waals surface area contributed by atoms with Gasteiger partial charge >= 0.3 is 5.97 Å². The van der Waals surface area contributed by atoms with E-state index >= 15 is 0 Å². The molecule has 0 aliphatic carbocycles. The molecule has 0 spiro atoms. The molecule has 1 aromatic heterocycles. The monoisotopic (exact) mass is 267 g/mol. The molecular weight excluding hydrogens is 261 g/mol. The molecule has 0 fully saturated rings. The summed E-state index contributed by atoms with van der Waals surface area (Å²) in [6.07, 6.45) is 1.41. The van der Waals surface area contributed by atoms with Crippen LogP contribution in [-0.4, -0.2) is 16.1 Å². The summed E-state index contributed by atoms with van der Waals surface area (Å²) >= 11 is 11.7. The van der Waals surface area contributed by atoms with Crippen molar-refractivity contribution in [1.29, 1.82) is 0 Å². The summed E-state index contributed by atoms with van der Waals surface area (Å²) in [6.45, 7) is 0. The Bertz CT molecular complexity index is 584. The van der Waals surface area contributed by atoms with Gasteiger partial charge in [0.25, 0.3) is 0 Å². The molecule has 5 heteroatoms. The van der Waals surface area contributed by atoms with E-state index in [-0.39, 0.29) is 10.7 Å². The molecule has 2 rings (SSSR count). The molecule has 1 heterocycles. The maximum Gasteiger partial charge on any atom is 0.336 e. The lowest BCUT2D eigenvalue weighted by Crippen LogP contribution is -2.00. The van der Waals surface area contributed by atoms with Gasteiger partial charge in [-0.25, -0.2) is 9.78 Å². The highest BCUT2D eigenvalue weighted by Crippen LogP contribution is 2.30. The van der Waals surface area contributed by atoms with Crippen molar-refractivity contribution in [3.63, 3.8) is 0 Å². The molecule has 0 amide bonds. The number of nitrogens with zero attached hydrogens (tertiary/aromatic N) is 1. The third-order valence-corrected chi connectivity index (χ3v) is 2.80. The lowest BCUT2D eigenvalue weighted by Gasteiger charge is -2.07. The van der Waals surface area contributed by atoms with Gasteiger partial charge in [0.2, 0.25) is 0 Å². The van der Waals surface area contributed by atoms with Gasteiger partial charge in [-0.1, -0.05) is 41.4 Å². The Labute approximate surface area is 108 Å². The molecular formula is C12H7Cl2NO2. The minimum Gasteiger partial charge on any atom is -0.478 e. The number of carbonyl (C=O) groups is 1. The number of rotatable bonds is 2. The summed E-state index contributed by atoms with van der Waals surface area (Å²) in [4.78, 5) is 15.0. The molecule has 0 aliphatic rings. The number of carboxylic acid groups (broad SMARTS) is 1. The first-order valence-corrected chi connectivity index (χ1v) is 5.49. The van der Waals surface area contributed by atoms with E-state index in [1.165, 1.54) is 12.3 Å². The van der Waals surface area contributed by atoms with Gasteiger partial charge in [-0.3, -0.25) is 0 Å². The van der Waals surface area contributed by atoms with E-state index in [1.807, 2.05) is 0 Å². The van der Waals surface area contributed by atoms with Gasteiger partial charge in [-0.05, 0) is 12.1 Å². The lowest BCUT2D eigenvalue weighted by atomic mass is 10.0. The van der Waals surface area contributed by atoms with Crippen LogP contribution in [0.25, 0.3) is 11.1 Å². The number of benzene rings is 1. The predicted molar refractivity (Wildman–Crippen MR) is 66.7 cm³/mol. The zero-order valence-electron chi connectivity index (χ0n) is 8.52. The molecule has 0 atom stereocenters. The van der Waals surface area contributed by atoms with Gasteiger partial charge in [-0.2, -0.15) is 0 Å². The van der Waals surface area contributed by atoms with Crippen LogP contribution in [0.1, 0.15) is 10.4 Å². The van der Waals surface area contributed by atoms with Crippen LogP contribution in [0.5, 0.6) is 0 Å². The highest BCUT2D eigenvalue weighted by Gasteiger charge is 2.14. The van der Waals surface area contributed by atoms with Crippen molar-refractivity contribution in [2.45, 2.75) is 0 Å². The number of pyridine rings is 1. The van der Waals surface area contributed by atoms with Crippen molar-refractivity contribution >= 4 is 29.2 Å². The number of aromatic carboxylic acids is 1. The Hall–Kier alpha value is -1.58. The fourth-order valence-corrected chi connectivity index (χ4v) is 1.90. The number of carboxylic acids is 1. The maximum absolute atomic E-state index is 11.1. The van der Waals surface area contributed by atoms with Crippen LogP contribution in [0.2, 0.25) is 10.2 Å². The minimum atomic E-state index is -1.07. The Morgan fingerprint density at radius 1 is 1.18 bits per heavy atom. The van der Waals surface area contributed by atoms with E-state index in [9.17, 15) is 4.79 Å². The van der Waals surface area contributed by atoms with E-state index in [0.717, 1.165) is 0 Å². The average Bonchev–Trinajstić information content (AvgIpc) is 2.30. The molecule has 86 valence electrons. The van der Waals surface area contributed by atoms with Crippen LogP contribution in [0.3, 0.4) is 0 Å². The SMILES string of the molecule is O=C(O)c1cc(Cl)ncc1-c1ccccc1Cl. The topological polar surface area (TPSA) is 50.2 Å². The Kier molecular flexibility index (Phi) is 3.31. The second kappa shape index (κ2) is 4.73. The number of halogens is 2. The molecule has 1 aromatic carbocycles. The summed E-state index contributed by atoms with van der Waals surface area (Å²) in [7, 11) is 0. The highest BCUT2D eigenvalue weighted by molar-refractivity contribution is 6.33. The fourth-order valence-electron chi connectivity index (χ4n) is 1.50. The van der Waals surface area contributed by atoms with Crippen molar-refractivity contribution in [3.8, 4) is 11.1 Å². The van der Waals surface area contributed by atoms with Crippen LogP contribution in [-0.2, 0) is 0 Å². The summed E-state index contributed by atoms with van der Waals surface area (Å²) in [5, 5.41) is 9.72. The summed E-state index contributed by atoms with van der Waals surface area (Å²) in [6, 6.07) is 8.29. The largest absolute Gasteiger partial charge is 0.478 e. The zero-order valence-corrected chi connectivity index (χ0v) is 10.0. The van der Waals surface area contributed by atoms with Gasteiger partial charge in [0, 0.05) is 22.3 Å². The second-order valence-corrected chi connectivity index (χ2v) is 4.13. The van der Waals surface area contributed by atoms with E-state index in [4.69, 9.17) is 28.3 Å². The zero-order chi connectivity index (χ0) is 12.4. The fraction of sp³-hybridized carbons (Fsp3) is 0. The molecule has 2 aromatic rings. The van der Waals surface area contributed by atoms with Gasteiger partial charge in [-0.15, -0.1) is 0 Å². The minimum absolute atomic E-state index is 0.0816. The van der Waals surface area contributed by atoms with E-state index in [2.05, 4.69) is 4.98 Å². The lowest BCUT2D eigenvalue weighted by molar-refractivity contribution is 0.0697. The van der Waals surface area contributed by atoms with E-state index in [1.54, 1.807) is 24.3 Å². The molecule has 0 unspecified atom stereocenters. The first-order valence-electron chi connectivity index (χ1n) is 4.73. The molecule has 17 heavy (non-hydrogen) atoms. The molecule has 0 radical (unpaired) electrons. The van der Waals surface area contributed by atoms with Crippen molar-refractivity contribution in [1.82, 2.24) is 4.98 Å². The smallest absolute Gasteiger partial charge is 0.336 e. The summed E-state index contributed by atoms with van der Waals surface area (Å²) in [5.41, 5.74) is 1.15. The van der Waals surface area contributed by atoms with E-state index in [0.29, 0.717) is 16.1 Å². The molecule has 0 bridgehead atoms. The average molecular weight is 268 g/mol. The van der Waals surface area contributed by atoms with Gasteiger partial charge in [0.1, 0.15) is 5.15 Å². The molecule has 3 nitrogen and oxygen atoms in total. The van der Waals surface area contributed by atoms with Crippen molar-refractivity contribution in [2.75, 3.05) is 0 Å². The van der Waals surface area contributed by atoms with Crippen LogP contribution in [0, 0.1) is 0 Å². The molecule has 0 saturated heterocycles. The number of hydrogen-bond donors (Lipinski definition) is 1. The molecule has 0 saturated carbocycles. The Morgan fingerprint density at radius 2 is 1.88 bits per heavy atom. The quantitative estimate of drug-likeness (QED) is 0.844. The van der Waals surface area contributed by atoms with Gasteiger partial charge in [0.05, 0.1) is 5.56 Å². The Balaban J connectivity index is 2.68. The van der Waals surface area contributed by atoms with Crippen LogP contribution >= 0.6 is 23.2 Å². The van der Waals surface area contributed by atoms with Crippen LogP contribution in [0.15, 0.2) is 36.5 Å². The van der Waals surface area contributed by atoms with Crippen molar-refractivity contribution in [2.24, 2.45) is 0 Å². The number of aromatic nitrogens is 1. The van der Waals surface area contributed by atoms with Crippen LogP contribution < -0.4 is 0 Å². The first-order chi connectivity index (χ1) is 8.09. The maximum atomic E-state index is 11.1. The van der Waals surface area contributed by atoms with Crippen molar-refractivity contribution < 1.29 is 9.90 Å². The van der Waals surface area contributed by atoms with E-state index < -0.39 is 5.97 Å². The van der Waals surface area contributed by atoms with Crippen molar-refractivity contribution in [3.05, 3.63) is 52.3 Å². The van der Waals surface area contributed by atoms with Gasteiger partial charge < -0.3 is 5.11 Å². The highest BCUT2D eigenvalue weighted by atomic mass is 35.5. The first kappa shape index (κ1) is 11.9. The van der Waals surface area contributed by atoms with Crippen LogP contribution in [0.4, 0.5) is 0 Å². The summed E-state index contributed by atoms with van der Waals surface area (Å²) in [5.74, 6) is -1.07. The molecule has 1 N–H and O–H groups in total. The normalized spacial score (nSPS) is 10.2. The molecule has 0 aliphatic heterocycles. The number of hydrogen-bond acceptors (Lipinski definition) is 2. The second-order valence-electron chi connectivity index (χ2n) is 3.34. The third kappa shape index (κ3) is 2.40. The summed E-state index contributed by atoms with van der Waals surface area (Å²) < 4.78 is 0. The standard InChI is InChI=1S/C12H7Cl2NO2/c13-10-4-2-1-3-7(10)9-6-15-11(14)5-8(9)12(16)17/h1-6H,(H,16,17).